The number of para-hydroxylation sites is 1. The van der Waals surface area contributed by atoms with Crippen LogP contribution in [0.3, 0.4) is 0 Å². The first-order valence-electron chi connectivity index (χ1n) is 8.71. The summed E-state index contributed by atoms with van der Waals surface area (Å²) in [5.74, 6) is 0.896. The van der Waals surface area contributed by atoms with Crippen LogP contribution in [0.15, 0.2) is 48.0 Å². The lowest BCUT2D eigenvalue weighted by Gasteiger charge is -2.22. The molecule has 0 bridgehead atoms. The van der Waals surface area contributed by atoms with Gasteiger partial charge in [0.25, 0.3) is 0 Å². The van der Waals surface area contributed by atoms with E-state index in [1.807, 2.05) is 30.8 Å². The lowest BCUT2D eigenvalue weighted by atomic mass is 10.1. The average molecular weight is 467 g/mol. The Bertz CT molecular complexity index is 736. The number of rotatable bonds is 7. The van der Waals surface area contributed by atoms with Gasteiger partial charge in [0, 0.05) is 32.9 Å². The van der Waals surface area contributed by atoms with E-state index in [9.17, 15) is 0 Å². The lowest BCUT2D eigenvalue weighted by molar-refractivity contribution is 0.469. The molecule has 0 saturated carbocycles. The van der Waals surface area contributed by atoms with Crippen LogP contribution in [0.4, 0.5) is 0 Å². The molecule has 0 unspecified atom stereocenters. The SMILES string of the molecule is C=CCCCN(C)C(=NC)NCc1ccccc1-n1nc(C)cc1C.I. The van der Waals surface area contributed by atoms with Crippen LogP contribution in [0.25, 0.3) is 5.69 Å². The molecule has 1 aromatic carbocycles. The highest BCUT2D eigenvalue weighted by molar-refractivity contribution is 14.0. The Labute approximate surface area is 174 Å². The molecule has 142 valence electrons. The van der Waals surface area contributed by atoms with E-state index in [2.05, 4.69) is 65.1 Å². The van der Waals surface area contributed by atoms with Crippen LogP contribution >= 0.6 is 24.0 Å². The van der Waals surface area contributed by atoms with Crippen LogP contribution in [0.1, 0.15) is 29.8 Å². The number of guanidine groups is 1. The molecule has 2 aromatic rings. The third-order valence-corrected chi connectivity index (χ3v) is 4.14. The number of aryl methyl sites for hydroxylation is 2. The Balaban J connectivity index is 0.00000338. The van der Waals surface area contributed by atoms with Gasteiger partial charge >= 0.3 is 0 Å². The fourth-order valence-electron chi connectivity index (χ4n) is 2.88. The quantitative estimate of drug-likeness (QED) is 0.220. The molecular weight excluding hydrogens is 437 g/mol. The predicted molar refractivity (Wildman–Crippen MR) is 121 cm³/mol. The maximum Gasteiger partial charge on any atom is 0.193 e. The Morgan fingerprint density at radius 1 is 1.35 bits per heavy atom. The van der Waals surface area contributed by atoms with Crippen molar-refractivity contribution in [1.29, 1.82) is 0 Å². The van der Waals surface area contributed by atoms with Gasteiger partial charge in [0.15, 0.2) is 5.96 Å². The fourth-order valence-corrected chi connectivity index (χ4v) is 2.88. The minimum Gasteiger partial charge on any atom is -0.352 e. The van der Waals surface area contributed by atoms with Crippen molar-refractivity contribution in [2.45, 2.75) is 33.2 Å². The van der Waals surface area contributed by atoms with Gasteiger partial charge in [0.2, 0.25) is 0 Å². The lowest BCUT2D eigenvalue weighted by Crippen LogP contribution is -2.39. The largest absolute Gasteiger partial charge is 0.352 e. The number of unbranched alkanes of at least 4 members (excludes halogenated alkanes) is 1. The molecule has 0 radical (unpaired) electrons. The van der Waals surface area contributed by atoms with Crippen LogP contribution in [-0.4, -0.2) is 41.3 Å². The topological polar surface area (TPSA) is 45.5 Å². The predicted octanol–water partition coefficient (Wildman–Crippen LogP) is 4.08. The summed E-state index contributed by atoms with van der Waals surface area (Å²) in [5, 5.41) is 8.07. The first-order chi connectivity index (χ1) is 12.1. The van der Waals surface area contributed by atoms with Crippen molar-refractivity contribution in [2.75, 3.05) is 20.6 Å². The monoisotopic (exact) mass is 467 g/mol. The maximum absolute atomic E-state index is 4.61. The molecule has 0 aliphatic rings. The van der Waals surface area contributed by atoms with Crippen LogP contribution in [-0.2, 0) is 6.54 Å². The van der Waals surface area contributed by atoms with E-state index >= 15 is 0 Å². The van der Waals surface area contributed by atoms with Gasteiger partial charge in [-0.3, -0.25) is 4.99 Å². The molecule has 0 spiro atoms. The zero-order valence-corrected chi connectivity index (χ0v) is 18.5. The number of aromatic nitrogens is 2. The van der Waals surface area contributed by atoms with Gasteiger partial charge in [-0.05, 0) is 44.4 Å². The van der Waals surface area contributed by atoms with Gasteiger partial charge in [-0.2, -0.15) is 5.10 Å². The van der Waals surface area contributed by atoms with E-state index in [-0.39, 0.29) is 24.0 Å². The summed E-state index contributed by atoms with van der Waals surface area (Å²) in [4.78, 5) is 6.54. The van der Waals surface area contributed by atoms with Crippen molar-refractivity contribution >= 4 is 29.9 Å². The summed E-state index contributed by atoms with van der Waals surface area (Å²) in [6.45, 7) is 9.52. The van der Waals surface area contributed by atoms with Crippen molar-refractivity contribution in [2.24, 2.45) is 4.99 Å². The summed E-state index contributed by atoms with van der Waals surface area (Å²) in [5.41, 5.74) is 4.45. The second-order valence-corrected chi connectivity index (χ2v) is 6.22. The first-order valence-corrected chi connectivity index (χ1v) is 8.71. The summed E-state index contributed by atoms with van der Waals surface area (Å²) >= 11 is 0. The molecule has 1 aromatic heterocycles. The van der Waals surface area contributed by atoms with E-state index in [0.29, 0.717) is 6.54 Å². The van der Waals surface area contributed by atoms with Crippen molar-refractivity contribution < 1.29 is 0 Å². The molecule has 0 aliphatic heterocycles. The molecule has 5 nitrogen and oxygen atoms in total. The van der Waals surface area contributed by atoms with Crippen molar-refractivity contribution in [3.63, 3.8) is 0 Å². The van der Waals surface area contributed by atoms with Crippen LogP contribution < -0.4 is 5.32 Å². The van der Waals surface area contributed by atoms with Gasteiger partial charge in [0.1, 0.15) is 0 Å². The second kappa shape index (κ2) is 11.0. The number of nitrogens with one attached hydrogen (secondary N) is 1. The molecule has 2 rings (SSSR count). The summed E-state index contributed by atoms with van der Waals surface area (Å²) in [7, 11) is 3.88. The zero-order valence-electron chi connectivity index (χ0n) is 16.2. The van der Waals surface area contributed by atoms with E-state index in [1.54, 1.807) is 0 Å². The van der Waals surface area contributed by atoms with Crippen LogP contribution in [0, 0.1) is 13.8 Å². The molecule has 1 heterocycles. The highest BCUT2D eigenvalue weighted by atomic mass is 127. The van der Waals surface area contributed by atoms with E-state index in [0.717, 1.165) is 42.4 Å². The Kier molecular flexibility index (Phi) is 9.40. The van der Waals surface area contributed by atoms with Gasteiger partial charge < -0.3 is 10.2 Å². The Hall–Kier alpha value is -1.83. The number of nitrogens with zero attached hydrogens (tertiary/aromatic N) is 4. The van der Waals surface area contributed by atoms with Gasteiger partial charge in [-0.15, -0.1) is 30.6 Å². The van der Waals surface area contributed by atoms with E-state index in [4.69, 9.17) is 0 Å². The third kappa shape index (κ3) is 5.86. The number of benzene rings is 1. The number of halogens is 1. The van der Waals surface area contributed by atoms with Gasteiger partial charge in [-0.25, -0.2) is 4.68 Å². The smallest absolute Gasteiger partial charge is 0.193 e. The number of hydrogen-bond donors (Lipinski definition) is 1. The van der Waals surface area contributed by atoms with E-state index < -0.39 is 0 Å². The molecular formula is C20H30IN5. The Morgan fingerprint density at radius 2 is 2.08 bits per heavy atom. The highest BCUT2D eigenvalue weighted by Crippen LogP contribution is 2.17. The maximum atomic E-state index is 4.61. The summed E-state index contributed by atoms with van der Waals surface area (Å²) in [6, 6.07) is 10.4. The normalized spacial score (nSPS) is 11.0. The fraction of sp³-hybridized carbons (Fsp3) is 0.400. The summed E-state index contributed by atoms with van der Waals surface area (Å²) in [6.07, 6.45) is 4.04. The van der Waals surface area contributed by atoms with E-state index in [1.165, 1.54) is 5.56 Å². The first kappa shape index (κ1) is 22.2. The molecule has 0 aliphatic carbocycles. The van der Waals surface area contributed by atoms with Crippen LogP contribution in [0.5, 0.6) is 0 Å². The number of hydrogen-bond acceptors (Lipinski definition) is 2. The number of aliphatic imine (C=N–C) groups is 1. The van der Waals surface area contributed by atoms with Gasteiger partial charge in [-0.1, -0.05) is 24.3 Å². The van der Waals surface area contributed by atoms with Crippen LogP contribution in [0.2, 0.25) is 0 Å². The van der Waals surface area contributed by atoms with Crippen molar-refractivity contribution in [3.8, 4) is 5.69 Å². The number of allylic oxidation sites excluding steroid dienone is 1. The third-order valence-electron chi connectivity index (χ3n) is 4.14. The molecule has 0 saturated heterocycles. The highest BCUT2D eigenvalue weighted by Gasteiger charge is 2.10. The molecule has 6 heteroatoms. The molecule has 26 heavy (non-hydrogen) atoms. The molecule has 0 atom stereocenters. The molecule has 0 amide bonds. The second-order valence-electron chi connectivity index (χ2n) is 6.22. The minimum absolute atomic E-state index is 0. The van der Waals surface area contributed by atoms with Gasteiger partial charge in [0.05, 0.1) is 11.4 Å². The standard InChI is InChI=1S/C20H29N5.HI/c1-6-7-10-13-24(5)20(21-4)22-15-18-11-8-9-12-19(18)25-17(3)14-16(2)23-25;/h6,8-9,11-12,14H,1,7,10,13,15H2,2-5H3,(H,21,22);1H. The Morgan fingerprint density at radius 3 is 2.69 bits per heavy atom. The van der Waals surface area contributed by atoms with Crippen molar-refractivity contribution in [1.82, 2.24) is 20.0 Å². The average Bonchev–Trinajstić information content (AvgIpc) is 2.94. The minimum atomic E-state index is 0. The molecule has 0 fully saturated rings. The summed E-state index contributed by atoms with van der Waals surface area (Å²) < 4.78 is 2.00. The van der Waals surface area contributed by atoms with Crippen molar-refractivity contribution in [3.05, 3.63) is 59.9 Å². The molecule has 1 N–H and O–H groups in total. The zero-order chi connectivity index (χ0) is 18.2.